The lowest BCUT2D eigenvalue weighted by molar-refractivity contribution is 0.294. The van der Waals surface area contributed by atoms with Crippen molar-refractivity contribution < 1.29 is 4.74 Å². The van der Waals surface area contributed by atoms with Gasteiger partial charge < -0.3 is 15.4 Å². The number of hydrogen-bond donors (Lipinski definition) is 2. The largest absolute Gasteiger partial charge is 0.477 e. The molecule has 0 aliphatic carbocycles. The molecule has 0 aromatic carbocycles. The van der Waals surface area contributed by atoms with Crippen molar-refractivity contribution >= 4 is 29.9 Å². The molecule has 2 aromatic rings. The van der Waals surface area contributed by atoms with Crippen LogP contribution in [0.2, 0.25) is 0 Å². The Hall–Kier alpha value is -1.84. The first-order chi connectivity index (χ1) is 13.1. The van der Waals surface area contributed by atoms with Crippen molar-refractivity contribution in [3.63, 3.8) is 0 Å². The number of hydrogen-bond acceptors (Lipinski definition) is 4. The summed E-state index contributed by atoms with van der Waals surface area (Å²) < 4.78 is 7.71. The molecule has 0 unspecified atom stereocenters. The van der Waals surface area contributed by atoms with Crippen LogP contribution in [-0.4, -0.2) is 33.9 Å². The number of pyridine rings is 1. The summed E-state index contributed by atoms with van der Waals surface area (Å²) in [7, 11) is 1.97. The predicted molar refractivity (Wildman–Crippen MR) is 124 cm³/mol. The van der Waals surface area contributed by atoms with E-state index in [9.17, 15) is 0 Å². The molecule has 2 heterocycles. The van der Waals surface area contributed by atoms with Crippen molar-refractivity contribution in [2.75, 3.05) is 13.2 Å². The highest BCUT2D eigenvalue weighted by Gasteiger charge is 2.10. The lowest BCUT2D eigenvalue weighted by atomic mass is 10.2. The van der Waals surface area contributed by atoms with Crippen LogP contribution in [0.4, 0.5) is 0 Å². The van der Waals surface area contributed by atoms with Gasteiger partial charge in [0.1, 0.15) is 0 Å². The van der Waals surface area contributed by atoms with Crippen LogP contribution in [0.1, 0.15) is 49.2 Å². The van der Waals surface area contributed by atoms with Gasteiger partial charge in [0.25, 0.3) is 0 Å². The summed E-state index contributed by atoms with van der Waals surface area (Å²) in [5.74, 6) is 1.44. The number of ether oxygens (including phenoxy) is 1. The smallest absolute Gasteiger partial charge is 0.218 e. The number of aryl methyl sites for hydroxylation is 2. The Morgan fingerprint density at radius 3 is 2.68 bits per heavy atom. The lowest BCUT2D eigenvalue weighted by Gasteiger charge is -2.13. The molecule has 0 atom stereocenters. The quantitative estimate of drug-likeness (QED) is 0.239. The predicted octanol–water partition coefficient (Wildman–Crippen LogP) is 3.48. The molecule has 2 rings (SSSR count). The monoisotopic (exact) mass is 500 g/mol. The normalized spacial score (nSPS) is 11.1. The summed E-state index contributed by atoms with van der Waals surface area (Å²) in [5, 5.41) is 11.2. The van der Waals surface area contributed by atoms with Gasteiger partial charge in [0.05, 0.1) is 18.8 Å². The van der Waals surface area contributed by atoms with E-state index in [1.54, 1.807) is 6.20 Å². The van der Waals surface area contributed by atoms with E-state index in [4.69, 9.17) is 9.73 Å². The van der Waals surface area contributed by atoms with Crippen LogP contribution in [0.15, 0.2) is 23.3 Å². The highest BCUT2D eigenvalue weighted by atomic mass is 127. The molecule has 0 fully saturated rings. The Labute approximate surface area is 185 Å². The van der Waals surface area contributed by atoms with Gasteiger partial charge in [-0.15, -0.1) is 24.0 Å². The van der Waals surface area contributed by atoms with Gasteiger partial charge in [-0.3, -0.25) is 4.68 Å². The average Bonchev–Trinajstić information content (AvgIpc) is 2.90. The van der Waals surface area contributed by atoms with Gasteiger partial charge in [0, 0.05) is 43.2 Å². The number of unbranched alkanes of at least 4 members (excludes halogenated alkanes) is 1. The lowest BCUT2D eigenvalue weighted by Crippen LogP contribution is -2.37. The van der Waals surface area contributed by atoms with E-state index < -0.39 is 0 Å². The Morgan fingerprint density at radius 1 is 1.25 bits per heavy atom. The maximum Gasteiger partial charge on any atom is 0.218 e. The number of aromatic nitrogens is 3. The minimum atomic E-state index is 0. The zero-order chi connectivity index (χ0) is 19.6. The van der Waals surface area contributed by atoms with Crippen LogP contribution >= 0.6 is 24.0 Å². The molecule has 0 bridgehead atoms. The van der Waals surface area contributed by atoms with Gasteiger partial charge in [-0.05, 0) is 33.3 Å². The van der Waals surface area contributed by atoms with Crippen LogP contribution < -0.4 is 15.4 Å². The number of nitrogens with zero attached hydrogens (tertiary/aromatic N) is 4. The third-order valence-electron chi connectivity index (χ3n) is 4.43. The minimum absolute atomic E-state index is 0. The highest BCUT2D eigenvalue weighted by Crippen LogP contribution is 2.16. The van der Waals surface area contributed by atoms with Crippen molar-refractivity contribution in [3.05, 3.63) is 40.8 Å². The second-order valence-corrected chi connectivity index (χ2v) is 6.49. The number of aliphatic imine (C=N–C) groups is 1. The van der Waals surface area contributed by atoms with Crippen molar-refractivity contribution in [1.29, 1.82) is 0 Å². The minimum Gasteiger partial charge on any atom is -0.477 e. The molecule has 28 heavy (non-hydrogen) atoms. The van der Waals surface area contributed by atoms with Gasteiger partial charge in [0.2, 0.25) is 5.88 Å². The molecule has 0 spiro atoms. The molecule has 156 valence electrons. The molecule has 0 amide bonds. The summed E-state index contributed by atoms with van der Waals surface area (Å²) in [6, 6.07) is 3.93. The summed E-state index contributed by atoms with van der Waals surface area (Å²) in [6.07, 6.45) is 3.88. The molecule has 0 radical (unpaired) electrons. The first-order valence-electron chi connectivity index (χ1n) is 9.64. The highest BCUT2D eigenvalue weighted by molar-refractivity contribution is 14.0. The van der Waals surface area contributed by atoms with Crippen LogP contribution in [0.3, 0.4) is 0 Å². The third-order valence-corrected chi connectivity index (χ3v) is 4.43. The topological polar surface area (TPSA) is 76.4 Å². The number of nitrogens with one attached hydrogen (secondary N) is 2. The molecule has 0 saturated carbocycles. The molecule has 0 aliphatic heterocycles. The second kappa shape index (κ2) is 12.6. The third kappa shape index (κ3) is 6.96. The van der Waals surface area contributed by atoms with E-state index in [-0.39, 0.29) is 24.0 Å². The standard InChI is InChI=1S/C20H32N6O.HI/c1-6-8-12-27-19-17(10-9-11-22-19)13-23-20(21-7-2)24-14-18-15(3)25-26(5)16(18)4;/h9-11H,6-8,12-14H2,1-5H3,(H2,21,23,24);1H. The first kappa shape index (κ1) is 24.2. The van der Waals surface area contributed by atoms with Gasteiger partial charge in [-0.1, -0.05) is 19.4 Å². The molecule has 2 N–H and O–H groups in total. The van der Waals surface area contributed by atoms with Gasteiger partial charge in [-0.25, -0.2) is 9.98 Å². The SMILES string of the molecule is CCCCOc1ncccc1CN=C(NCC)NCc1c(C)nn(C)c1C.I. The van der Waals surface area contributed by atoms with Crippen LogP contribution in [-0.2, 0) is 20.1 Å². The molecule has 8 heteroatoms. The molecule has 2 aromatic heterocycles. The van der Waals surface area contributed by atoms with Crippen LogP contribution in [0.25, 0.3) is 0 Å². The number of rotatable bonds is 9. The fourth-order valence-corrected chi connectivity index (χ4v) is 2.74. The van der Waals surface area contributed by atoms with Crippen LogP contribution in [0.5, 0.6) is 5.88 Å². The van der Waals surface area contributed by atoms with E-state index in [1.807, 2.05) is 30.8 Å². The maximum atomic E-state index is 5.80. The molecular formula is C20H33IN6O. The molecular weight excluding hydrogens is 467 g/mol. The Bertz CT molecular complexity index is 759. The van der Waals surface area contributed by atoms with Crippen molar-refractivity contribution in [1.82, 2.24) is 25.4 Å². The fourth-order valence-electron chi connectivity index (χ4n) is 2.74. The van der Waals surface area contributed by atoms with Gasteiger partial charge in [0.15, 0.2) is 5.96 Å². The summed E-state index contributed by atoms with van der Waals surface area (Å²) in [5.41, 5.74) is 4.39. The molecule has 0 aliphatic rings. The van der Waals surface area contributed by atoms with E-state index in [0.29, 0.717) is 25.6 Å². The average molecular weight is 500 g/mol. The Morgan fingerprint density at radius 2 is 2.04 bits per heavy atom. The zero-order valence-electron chi connectivity index (χ0n) is 17.6. The zero-order valence-corrected chi connectivity index (χ0v) is 19.9. The number of guanidine groups is 1. The van der Waals surface area contributed by atoms with Gasteiger partial charge in [-0.2, -0.15) is 5.10 Å². The Kier molecular flexibility index (Phi) is 10.9. The van der Waals surface area contributed by atoms with E-state index in [0.717, 1.165) is 42.3 Å². The van der Waals surface area contributed by atoms with E-state index in [2.05, 4.69) is 41.5 Å². The maximum absolute atomic E-state index is 5.80. The van der Waals surface area contributed by atoms with Crippen molar-refractivity contribution in [3.8, 4) is 5.88 Å². The number of halogens is 1. The molecule has 0 saturated heterocycles. The van der Waals surface area contributed by atoms with Crippen LogP contribution in [0, 0.1) is 13.8 Å². The van der Waals surface area contributed by atoms with E-state index in [1.165, 1.54) is 5.56 Å². The first-order valence-corrected chi connectivity index (χ1v) is 9.64. The Balaban J connectivity index is 0.00000392. The summed E-state index contributed by atoms with van der Waals surface area (Å²) >= 11 is 0. The molecule has 7 nitrogen and oxygen atoms in total. The summed E-state index contributed by atoms with van der Waals surface area (Å²) in [4.78, 5) is 9.05. The van der Waals surface area contributed by atoms with Crippen molar-refractivity contribution in [2.24, 2.45) is 12.0 Å². The van der Waals surface area contributed by atoms with E-state index >= 15 is 0 Å². The van der Waals surface area contributed by atoms with Crippen molar-refractivity contribution in [2.45, 2.75) is 53.6 Å². The van der Waals surface area contributed by atoms with Gasteiger partial charge >= 0.3 is 0 Å². The second-order valence-electron chi connectivity index (χ2n) is 6.49. The fraction of sp³-hybridized carbons (Fsp3) is 0.550. The summed E-state index contributed by atoms with van der Waals surface area (Å²) in [6.45, 7) is 11.0.